The molecular formula is C22H25N3O2. The zero-order valence-electron chi connectivity index (χ0n) is 15.6. The topological polar surface area (TPSA) is 61.4 Å². The Morgan fingerprint density at radius 2 is 2.07 bits per heavy atom. The first-order chi connectivity index (χ1) is 13.2. The molecule has 5 nitrogen and oxygen atoms in total. The molecule has 0 radical (unpaired) electrons. The number of nitrogens with one attached hydrogen (secondary N) is 2. The van der Waals surface area contributed by atoms with E-state index in [0.29, 0.717) is 12.1 Å². The number of carbonyl (C=O) groups excluding carboxylic acids is 2. The van der Waals surface area contributed by atoms with Gasteiger partial charge in [-0.2, -0.15) is 0 Å². The van der Waals surface area contributed by atoms with Gasteiger partial charge in [-0.15, -0.1) is 0 Å². The first-order valence-corrected chi connectivity index (χ1v) is 9.72. The fraction of sp³-hybridized carbons (Fsp3) is 0.364. The van der Waals surface area contributed by atoms with Crippen LogP contribution in [-0.4, -0.2) is 30.9 Å². The van der Waals surface area contributed by atoms with Crippen molar-refractivity contribution in [2.45, 2.75) is 38.1 Å². The van der Waals surface area contributed by atoms with E-state index in [0.717, 1.165) is 37.2 Å². The highest BCUT2D eigenvalue weighted by atomic mass is 16.2. The lowest BCUT2D eigenvalue weighted by atomic mass is 9.96. The monoisotopic (exact) mass is 363 g/mol. The third-order valence-corrected chi connectivity index (χ3v) is 5.65. The van der Waals surface area contributed by atoms with E-state index >= 15 is 0 Å². The summed E-state index contributed by atoms with van der Waals surface area (Å²) in [5.41, 5.74) is 3.57. The Bertz CT molecular complexity index is 850. The maximum atomic E-state index is 12.7. The number of hydrogen-bond donors (Lipinski definition) is 2. The predicted octanol–water partition coefficient (Wildman–Crippen LogP) is 3.53. The molecule has 0 aromatic heterocycles. The SMILES string of the molecule is CC[C@H](CNC(=O)c1ccc2c(c1)NC(=O)[C@H]1CCCN21)c1ccccc1. The normalized spacial score (nSPS) is 19.1. The number of carbonyl (C=O) groups is 2. The van der Waals surface area contributed by atoms with Gasteiger partial charge >= 0.3 is 0 Å². The van der Waals surface area contributed by atoms with Gasteiger partial charge in [0.05, 0.1) is 11.4 Å². The molecule has 0 spiro atoms. The Kier molecular flexibility index (Phi) is 4.84. The number of nitrogens with zero attached hydrogens (tertiary/aromatic N) is 1. The smallest absolute Gasteiger partial charge is 0.251 e. The second kappa shape index (κ2) is 7.43. The van der Waals surface area contributed by atoms with E-state index in [1.54, 1.807) is 6.07 Å². The van der Waals surface area contributed by atoms with E-state index in [1.807, 2.05) is 30.3 Å². The summed E-state index contributed by atoms with van der Waals surface area (Å²) in [5.74, 6) is 0.218. The van der Waals surface area contributed by atoms with Crippen molar-refractivity contribution in [2.75, 3.05) is 23.3 Å². The van der Waals surface area contributed by atoms with Crippen molar-refractivity contribution in [3.8, 4) is 0 Å². The number of amides is 2. The van der Waals surface area contributed by atoms with E-state index in [-0.39, 0.29) is 23.8 Å². The molecule has 5 heteroatoms. The fourth-order valence-electron chi connectivity index (χ4n) is 4.11. The minimum Gasteiger partial charge on any atom is -0.358 e. The van der Waals surface area contributed by atoms with Crippen molar-refractivity contribution in [3.63, 3.8) is 0 Å². The zero-order valence-corrected chi connectivity index (χ0v) is 15.6. The molecule has 0 unspecified atom stereocenters. The van der Waals surface area contributed by atoms with Crippen molar-refractivity contribution in [2.24, 2.45) is 0 Å². The lowest BCUT2D eigenvalue weighted by molar-refractivity contribution is -0.117. The quantitative estimate of drug-likeness (QED) is 0.854. The predicted molar refractivity (Wildman–Crippen MR) is 107 cm³/mol. The van der Waals surface area contributed by atoms with Gasteiger partial charge in [-0.1, -0.05) is 37.3 Å². The van der Waals surface area contributed by atoms with Crippen LogP contribution < -0.4 is 15.5 Å². The van der Waals surface area contributed by atoms with E-state index in [1.165, 1.54) is 5.56 Å². The van der Waals surface area contributed by atoms with E-state index in [2.05, 4.69) is 34.6 Å². The van der Waals surface area contributed by atoms with Gasteiger partial charge in [0.15, 0.2) is 0 Å². The van der Waals surface area contributed by atoms with Crippen LogP contribution >= 0.6 is 0 Å². The molecule has 1 saturated heterocycles. The molecule has 2 atom stereocenters. The summed E-state index contributed by atoms with van der Waals surface area (Å²) in [5, 5.41) is 6.02. The summed E-state index contributed by atoms with van der Waals surface area (Å²) in [6.07, 6.45) is 2.88. The Labute approximate surface area is 159 Å². The van der Waals surface area contributed by atoms with Gasteiger partial charge in [0.2, 0.25) is 5.91 Å². The lowest BCUT2D eigenvalue weighted by Gasteiger charge is -2.33. The molecule has 2 heterocycles. The minimum absolute atomic E-state index is 0.0349. The van der Waals surface area contributed by atoms with Crippen LogP contribution in [0.1, 0.15) is 48.0 Å². The number of fused-ring (bicyclic) bond motifs is 3. The van der Waals surface area contributed by atoms with E-state index in [9.17, 15) is 9.59 Å². The highest BCUT2D eigenvalue weighted by molar-refractivity contribution is 6.06. The van der Waals surface area contributed by atoms with Crippen LogP contribution in [-0.2, 0) is 4.79 Å². The van der Waals surface area contributed by atoms with Crippen LogP contribution in [0.15, 0.2) is 48.5 Å². The van der Waals surface area contributed by atoms with E-state index in [4.69, 9.17) is 0 Å². The summed E-state index contributed by atoms with van der Waals surface area (Å²) in [6, 6.07) is 15.8. The van der Waals surface area contributed by atoms with Gasteiger partial charge in [0.1, 0.15) is 6.04 Å². The van der Waals surface area contributed by atoms with Crippen LogP contribution in [0.4, 0.5) is 11.4 Å². The molecule has 2 aliphatic heterocycles. The molecule has 27 heavy (non-hydrogen) atoms. The number of anilines is 2. The molecule has 2 aromatic carbocycles. The number of rotatable bonds is 5. The maximum absolute atomic E-state index is 12.7. The van der Waals surface area contributed by atoms with Crippen LogP contribution in [0.5, 0.6) is 0 Å². The first kappa shape index (κ1) is 17.6. The molecule has 2 amide bonds. The molecule has 0 aliphatic carbocycles. The second-order valence-electron chi connectivity index (χ2n) is 7.30. The molecule has 2 aliphatic rings. The standard InChI is InChI=1S/C22H25N3O2/c1-2-15(16-7-4-3-5-8-16)14-23-21(26)17-10-11-19-18(13-17)24-22(27)20-9-6-12-25(19)20/h3-5,7-8,10-11,13,15,20H,2,6,9,12,14H2,1H3,(H,23,26)(H,24,27)/t15-,20-/m1/s1. The summed E-state index contributed by atoms with van der Waals surface area (Å²) >= 11 is 0. The summed E-state index contributed by atoms with van der Waals surface area (Å²) in [6.45, 7) is 3.62. The highest BCUT2D eigenvalue weighted by Gasteiger charge is 2.36. The van der Waals surface area contributed by atoms with Crippen LogP contribution in [0.3, 0.4) is 0 Å². The Morgan fingerprint density at radius 1 is 1.26 bits per heavy atom. The third kappa shape index (κ3) is 3.42. The van der Waals surface area contributed by atoms with Crippen LogP contribution in [0, 0.1) is 0 Å². The summed E-state index contributed by atoms with van der Waals surface area (Å²) < 4.78 is 0. The molecule has 140 valence electrons. The van der Waals surface area contributed by atoms with Crippen LogP contribution in [0.25, 0.3) is 0 Å². The van der Waals surface area contributed by atoms with E-state index < -0.39 is 0 Å². The molecule has 0 saturated carbocycles. The molecule has 2 aromatic rings. The van der Waals surface area contributed by atoms with Gasteiger partial charge in [-0.3, -0.25) is 9.59 Å². The van der Waals surface area contributed by atoms with Gasteiger partial charge < -0.3 is 15.5 Å². The molecule has 0 bridgehead atoms. The minimum atomic E-state index is -0.107. The highest BCUT2D eigenvalue weighted by Crippen LogP contribution is 2.37. The molecule has 4 rings (SSSR count). The average molecular weight is 363 g/mol. The van der Waals surface area contributed by atoms with Crippen molar-refractivity contribution < 1.29 is 9.59 Å². The Balaban J connectivity index is 1.47. The Hall–Kier alpha value is -2.82. The van der Waals surface area contributed by atoms with Crippen molar-refractivity contribution in [1.82, 2.24) is 5.32 Å². The lowest BCUT2D eigenvalue weighted by Crippen LogP contribution is -2.44. The summed E-state index contributed by atoms with van der Waals surface area (Å²) in [7, 11) is 0. The Morgan fingerprint density at radius 3 is 2.85 bits per heavy atom. The number of hydrogen-bond acceptors (Lipinski definition) is 3. The van der Waals surface area contributed by atoms with Gasteiger partial charge in [0, 0.05) is 24.6 Å². The largest absolute Gasteiger partial charge is 0.358 e. The van der Waals surface area contributed by atoms with Gasteiger partial charge in [-0.25, -0.2) is 0 Å². The fourth-order valence-corrected chi connectivity index (χ4v) is 4.11. The molecular weight excluding hydrogens is 338 g/mol. The average Bonchev–Trinajstić information content (AvgIpc) is 3.19. The maximum Gasteiger partial charge on any atom is 0.251 e. The second-order valence-corrected chi connectivity index (χ2v) is 7.30. The summed E-state index contributed by atoms with van der Waals surface area (Å²) in [4.78, 5) is 27.1. The van der Waals surface area contributed by atoms with Crippen molar-refractivity contribution in [3.05, 3.63) is 59.7 Å². The third-order valence-electron chi connectivity index (χ3n) is 5.65. The zero-order chi connectivity index (χ0) is 18.8. The van der Waals surface area contributed by atoms with Crippen molar-refractivity contribution in [1.29, 1.82) is 0 Å². The molecule has 2 N–H and O–H groups in total. The first-order valence-electron chi connectivity index (χ1n) is 9.72. The van der Waals surface area contributed by atoms with Crippen LogP contribution in [0.2, 0.25) is 0 Å². The number of benzene rings is 2. The molecule has 1 fully saturated rings. The van der Waals surface area contributed by atoms with Gasteiger partial charge in [0.25, 0.3) is 5.91 Å². The van der Waals surface area contributed by atoms with Gasteiger partial charge in [-0.05, 0) is 43.0 Å². The van der Waals surface area contributed by atoms with Crippen molar-refractivity contribution >= 4 is 23.2 Å².